The monoisotopic (exact) mass is 216 g/mol. The van der Waals surface area contributed by atoms with E-state index in [2.05, 4.69) is 21.3 Å². The summed E-state index contributed by atoms with van der Waals surface area (Å²) in [5, 5.41) is 4.17. The van der Waals surface area contributed by atoms with Crippen LogP contribution in [0.3, 0.4) is 0 Å². The van der Waals surface area contributed by atoms with Gasteiger partial charge in [-0.2, -0.15) is 0 Å². The van der Waals surface area contributed by atoms with E-state index in [1.807, 2.05) is 33.3 Å². The number of hydrogen-bond acceptors (Lipinski definition) is 4. The van der Waals surface area contributed by atoms with Gasteiger partial charge in [-0.3, -0.25) is 4.98 Å². The maximum absolute atomic E-state index is 5.88. The molecule has 0 aliphatic rings. The molecule has 1 aromatic carbocycles. The van der Waals surface area contributed by atoms with Crippen LogP contribution in [-0.2, 0) is 0 Å². The molecule has 2 rings (SSSR count). The summed E-state index contributed by atoms with van der Waals surface area (Å²) in [5.74, 6) is 0. The second-order valence-electron chi connectivity index (χ2n) is 3.93. The van der Waals surface area contributed by atoms with Gasteiger partial charge in [-0.15, -0.1) is 0 Å². The topological polar surface area (TPSA) is 54.2 Å². The second kappa shape index (κ2) is 3.89. The van der Waals surface area contributed by atoms with E-state index in [1.165, 1.54) is 0 Å². The van der Waals surface area contributed by atoms with Gasteiger partial charge in [-0.05, 0) is 18.2 Å². The van der Waals surface area contributed by atoms with Gasteiger partial charge in [0.2, 0.25) is 0 Å². The van der Waals surface area contributed by atoms with Crippen molar-refractivity contribution in [2.24, 2.45) is 0 Å². The van der Waals surface area contributed by atoms with Gasteiger partial charge in [-0.1, -0.05) is 0 Å². The Balaban J connectivity index is 2.73. The Labute approximate surface area is 95.1 Å². The Morgan fingerprint density at radius 2 is 2.06 bits per heavy atom. The molecule has 0 saturated heterocycles. The molecule has 16 heavy (non-hydrogen) atoms. The molecule has 0 atom stereocenters. The van der Waals surface area contributed by atoms with Gasteiger partial charge in [-0.25, -0.2) is 0 Å². The Kier molecular flexibility index (Phi) is 2.56. The summed E-state index contributed by atoms with van der Waals surface area (Å²) in [6, 6.07) is 6.14. The van der Waals surface area contributed by atoms with Crippen molar-refractivity contribution in [3.63, 3.8) is 0 Å². The van der Waals surface area contributed by atoms with Gasteiger partial charge < -0.3 is 16.0 Å². The minimum absolute atomic E-state index is 0.672. The molecule has 0 aliphatic carbocycles. The molecule has 0 spiro atoms. The zero-order valence-corrected chi connectivity index (χ0v) is 9.78. The van der Waals surface area contributed by atoms with Crippen LogP contribution in [0.4, 0.5) is 17.1 Å². The first-order chi connectivity index (χ1) is 7.63. The smallest absolute Gasteiger partial charge is 0.0742 e. The normalized spacial score (nSPS) is 10.4. The average Bonchev–Trinajstić information content (AvgIpc) is 2.28. The molecule has 0 radical (unpaired) electrons. The molecule has 0 unspecified atom stereocenters. The largest absolute Gasteiger partial charge is 0.396 e. The minimum Gasteiger partial charge on any atom is -0.396 e. The molecule has 4 nitrogen and oxygen atoms in total. The fourth-order valence-electron chi connectivity index (χ4n) is 1.75. The number of fused-ring (bicyclic) bond motifs is 1. The standard InChI is InChI=1S/C12H16N4/c1-14-12-9-6-8(16(2)3)4-5-11(9)15-7-10(12)13/h4-7H,13H2,1-3H3,(H,14,15). The number of nitrogens with zero attached hydrogens (tertiary/aromatic N) is 2. The lowest BCUT2D eigenvalue weighted by Crippen LogP contribution is -2.08. The predicted octanol–water partition coefficient (Wildman–Crippen LogP) is 1.92. The summed E-state index contributed by atoms with van der Waals surface area (Å²) >= 11 is 0. The molecule has 1 aromatic heterocycles. The van der Waals surface area contributed by atoms with Crippen molar-refractivity contribution >= 4 is 28.0 Å². The minimum atomic E-state index is 0.672. The van der Waals surface area contributed by atoms with E-state index in [-0.39, 0.29) is 0 Å². The Bertz CT molecular complexity index is 520. The first-order valence-corrected chi connectivity index (χ1v) is 5.17. The molecule has 0 amide bonds. The van der Waals surface area contributed by atoms with Gasteiger partial charge in [0, 0.05) is 32.2 Å². The summed E-state index contributed by atoms with van der Waals surface area (Å²) in [5.41, 5.74) is 9.58. The lowest BCUT2D eigenvalue weighted by molar-refractivity contribution is 1.13. The summed E-state index contributed by atoms with van der Waals surface area (Å²) in [6.45, 7) is 0. The maximum atomic E-state index is 5.88. The van der Waals surface area contributed by atoms with Crippen LogP contribution in [0.25, 0.3) is 10.9 Å². The van der Waals surface area contributed by atoms with Crippen LogP contribution in [0.2, 0.25) is 0 Å². The quantitative estimate of drug-likeness (QED) is 0.805. The number of nitrogens with one attached hydrogen (secondary N) is 1. The number of rotatable bonds is 2. The zero-order valence-electron chi connectivity index (χ0n) is 9.78. The lowest BCUT2D eigenvalue weighted by atomic mass is 10.1. The summed E-state index contributed by atoms with van der Waals surface area (Å²) in [6.07, 6.45) is 1.68. The van der Waals surface area contributed by atoms with Gasteiger partial charge in [0.15, 0.2) is 0 Å². The fourth-order valence-corrected chi connectivity index (χ4v) is 1.75. The highest BCUT2D eigenvalue weighted by atomic mass is 15.1. The molecule has 0 bridgehead atoms. The van der Waals surface area contributed by atoms with Gasteiger partial charge in [0.05, 0.1) is 23.1 Å². The van der Waals surface area contributed by atoms with Crippen molar-refractivity contribution < 1.29 is 0 Å². The number of hydrogen-bond donors (Lipinski definition) is 2. The second-order valence-corrected chi connectivity index (χ2v) is 3.93. The van der Waals surface area contributed by atoms with Crippen molar-refractivity contribution in [3.8, 4) is 0 Å². The number of pyridine rings is 1. The van der Waals surface area contributed by atoms with E-state index in [0.29, 0.717) is 5.69 Å². The highest BCUT2D eigenvalue weighted by Crippen LogP contribution is 2.29. The number of aromatic nitrogens is 1. The molecule has 0 aliphatic heterocycles. The SMILES string of the molecule is CNc1c(N)cnc2ccc(N(C)C)cc12. The zero-order chi connectivity index (χ0) is 11.7. The predicted molar refractivity (Wildman–Crippen MR) is 70.0 cm³/mol. The third-order valence-corrected chi connectivity index (χ3v) is 2.65. The summed E-state index contributed by atoms with van der Waals surface area (Å²) < 4.78 is 0. The molecule has 84 valence electrons. The molecular weight excluding hydrogens is 200 g/mol. The summed E-state index contributed by atoms with van der Waals surface area (Å²) in [7, 11) is 5.90. The van der Waals surface area contributed by atoms with Gasteiger partial charge in [0.25, 0.3) is 0 Å². The molecular formula is C12H16N4. The van der Waals surface area contributed by atoms with Gasteiger partial charge in [0.1, 0.15) is 0 Å². The molecule has 4 heteroatoms. The number of anilines is 3. The lowest BCUT2D eigenvalue weighted by Gasteiger charge is -2.15. The van der Waals surface area contributed by atoms with Crippen LogP contribution in [0.15, 0.2) is 24.4 Å². The van der Waals surface area contributed by atoms with Crippen LogP contribution in [0.5, 0.6) is 0 Å². The Morgan fingerprint density at radius 1 is 1.31 bits per heavy atom. The van der Waals surface area contributed by atoms with E-state index in [1.54, 1.807) is 6.20 Å². The first-order valence-electron chi connectivity index (χ1n) is 5.17. The highest BCUT2D eigenvalue weighted by molar-refractivity contribution is 5.98. The van der Waals surface area contributed by atoms with E-state index in [0.717, 1.165) is 22.3 Å². The highest BCUT2D eigenvalue weighted by Gasteiger charge is 2.06. The van der Waals surface area contributed by atoms with Crippen LogP contribution in [0.1, 0.15) is 0 Å². The summed E-state index contributed by atoms with van der Waals surface area (Å²) in [4.78, 5) is 6.36. The fraction of sp³-hybridized carbons (Fsp3) is 0.250. The van der Waals surface area contributed by atoms with Crippen molar-refractivity contribution in [2.45, 2.75) is 0 Å². The Hall–Kier alpha value is -1.97. The van der Waals surface area contributed by atoms with E-state index >= 15 is 0 Å². The number of benzene rings is 1. The van der Waals surface area contributed by atoms with Gasteiger partial charge >= 0.3 is 0 Å². The molecule has 0 saturated carbocycles. The van der Waals surface area contributed by atoms with Crippen LogP contribution in [0, 0.1) is 0 Å². The number of nitrogens with two attached hydrogens (primary N) is 1. The molecule has 2 aromatic rings. The first kappa shape index (κ1) is 10.5. The van der Waals surface area contributed by atoms with Crippen LogP contribution >= 0.6 is 0 Å². The average molecular weight is 216 g/mol. The van der Waals surface area contributed by atoms with Crippen molar-refractivity contribution in [1.29, 1.82) is 0 Å². The van der Waals surface area contributed by atoms with Crippen LogP contribution in [-0.4, -0.2) is 26.1 Å². The third kappa shape index (κ3) is 1.62. The number of nitrogen functional groups attached to an aromatic ring is 1. The maximum Gasteiger partial charge on any atom is 0.0742 e. The van der Waals surface area contributed by atoms with Crippen molar-refractivity contribution in [2.75, 3.05) is 37.1 Å². The molecule has 1 heterocycles. The van der Waals surface area contributed by atoms with E-state index in [9.17, 15) is 0 Å². The van der Waals surface area contributed by atoms with E-state index < -0.39 is 0 Å². The van der Waals surface area contributed by atoms with Crippen molar-refractivity contribution in [1.82, 2.24) is 4.98 Å². The van der Waals surface area contributed by atoms with E-state index in [4.69, 9.17) is 5.73 Å². The third-order valence-electron chi connectivity index (χ3n) is 2.65. The molecule has 0 fully saturated rings. The van der Waals surface area contributed by atoms with Crippen LogP contribution < -0.4 is 16.0 Å². The molecule has 3 N–H and O–H groups in total. The Morgan fingerprint density at radius 3 is 2.69 bits per heavy atom. The van der Waals surface area contributed by atoms with Crippen molar-refractivity contribution in [3.05, 3.63) is 24.4 Å².